The van der Waals surface area contributed by atoms with Gasteiger partial charge in [0.25, 0.3) is 0 Å². The average Bonchev–Trinajstić information content (AvgIpc) is 3.13. The monoisotopic (exact) mass is 521 g/mol. The van der Waals surface area contributed by atoms with Crippen molar-refractivity contribution in [2.24, 2.45) is 5.73 Å². The molecule has 1 unspecified atom stereocenters. The van der Waals surface area contributed by atoms with Crippen LogP contribution >= 0.6 is 11.6 Å². The van der Waals surface area contributed by atoms with E-state index in [0.717, 1.165) is 36.2 Å². The highest BCUT2D eigenvalue weighted by Crippen LogP contribution is 2.46. The van der Waals surface area contributed by atoms with E-state index in [2.05, 4.69) is 11.1 Å². The van der Waals surface area contributed by atoms with Gasteiger partial charge in [-0.25, -0.2) is 12.7 Å². The van der Waals surface area contributed by atoms with Crippen molar-refractivity contribution in [3.63, 3.8) is 0 Å². The highest BCUT2D eigenvalue weighted by atomic mass is 35.5. The molecule has 2 aliphatic heterocycles. The number of benzene rings is 2. The lowest BCUT2D eigenvalue weighted by molar-refractivity contribution is -0.169. The number of hydrogen-bond donors (Lipinski definition) is 2. The number of primary amides is 1. The third kappa shape index (κ3) is 5.40. The summed E-state index contributed by atoms with van der Waals surface area (Å²) >= 11 is 6.60. The summed E-state index contributed by atoms with van der Waals surface area (Å²) in [6.45, 7) is 1.73. The Balaban J connectivity index is 0.000000406. The molecule has 3 N–H and O–H groups in total. The number of halogens is 4. The fraction of sp³-hybridized carbons (Fsp3) is 0.381. The van der Waals surface area contributed by atoms with Gasteiger partial charge in [-0.2, -0.15) is 13.2 Å². The standard InChI is InChI=1S/C19H21ClN2O4S.C2H2F3NO/c1-22(2)27(23,24)13-5-3-12(4-6-13)16-10-21-8-7-14-15(16)9-17-19(18(14)20)26-11-25-17;3-2(4,5)1(6)7/h3-6,9,16,21H,7-8,10-11H2,1-2H3;(H2,6,7). The minimum Gasteiger partial charge on any atom is -0.454 e. The van der Waals surface area contributed by atoms with Crippen LogP contribution in [0.3, 0.4) is 0 Å². The second kappa shape index (κ2) is 9.98. The van der Waals surface area contributed by atoms with Crippen LogP contribution in [0.15, 0.2) is 35.2 Å². The maximum Gasteiger partial charge on any atom is 0.470 e. The Hall–Kier alpha value is -2.54. The molecule has 0 aromatic heterocycles. The van der Waals surface area contributed by atoms with Gasteiger partial charge in [-0.3, -0.25) is 4.79 Å². The maximum atomic E-state index is 12.3. The number of nitrogens with two attached hydrogens (primary N) is 1. The molecule has 0 saturated carbocycles. The lowest BCUT2D eigenvalue weighted by Crippen LogP contribution is -2.30. The van der Waals surface area contributed by atoms with Gasteiger partial charge in [0.2, 0.25) is 16.8 Å². The average molecular weight is 522 g/mol. The van der Waals surface area contributed by atoms with Gasteiger partial charge >= 0.3 is 12.1 Å². The molecule has 2 aromatic carbocycles. The van der Waals surface area contributed by atoms with Crippen LogP contribution in [0.4, 0.5) is 13.2 Å². The van der Waals surface area contributed by atoms with Crippen molar-refractivity contribution in [3.8, 4) is 11.5 Å². The van der Waals surface area contributed by atoms with Gasteiger partial charge < -0.3 is 20.5 Å². The Kier molecular flexibility index (Phi) is 7.65. The van der Waals surface area contributed by atoms with Gasteiger partial charge in [0.05, 0.1) is 9.92 Å². The van der Waals surface area contributed by atoms with Crippen LogP contribution in [-0.4, -0.2) is 58.8 Å². The quantitative estimate of drug-likeness (QED) is 0.642. The third-order valence-electron chi connectivity index (χ3n) is 5.36. The molecule has 0 aliphatic carbocycles. The molecule has 0 radical (unpaired) electrons. The number of alkyl halides is 3. The molecule has 2 heterocycles. The molecule has 0 spiro atoms. The largest absolute Gasteiger partial charge is 0.470 e. The van der Waals surface area contributed by atoms with Crippen molar-refractivity contribution < 1.29 is 35.9 Å². The SMILES string of the molecule is CN(C)S(=O)(=O)c1ccc(C2CNCCc3c2cc2c(c3Cl)OCO2)cc1.NC(=O)C(F)(F)F. The molecule has 0 saturated heterocycles. The number of rotatable bonds is 3. The summed E-state index contributed by atoms with van der Waals surface area (Å²) in [7, 11) is -0.392. The normalized spacial score (nSPS) is 17.4. The minimum absolute atomic E-state index is 0.0469. The molecule has 34 heavy (non-hydrogen) atoms. The maximum absolute atomic E-state index is 12.3. The fourth-order valence-electron chi connectivity index (χ4n) is 3.57. The van der Waals surface area contributed by atoms with Crippen LogP contribution in [0.25, 0.3) is 0 Å². The van der Waals surface area contributed by atoms with E-state index in [1.807, 2.05) is 18.2 Å². The van der Waals surface area contributed by atoms with Gasteiger partial charge in [0, 0.05) is 26.6 Å². The predicted octanol–water partition coefficient (Wildman–Crippen LogP) is 2.63. The highest BCUT2D eigenvalue weighted by molar-refractivity contribution is 7.89. The van der Waals surface area contributed by atoms with Crippen LogP contribution in [0, 0.1) is 0 Å². The first kappa shape index (κ1) is 26.1. The lowest BCUT2D eigenvalue weighted by atomic mass is 9.87. The molecule has 186 valence electrons. The van der Waals surface area contributed by atoms with E-state index in [4.69, 9.17) is 25.9 Å². The second-order valence-electron chi connectivity index (χ2n) is 7.72. The zero-order valence-corrected chi connectivity index (χ0v) is 19.9. The van der Waals surface area contributed by atoms with Crippen molar-refractivity contribution in [1.29, 1.82) is 0 Å². The Morgan fingerprint density at radius 1 is 1.21 bits per heavy atom. The molecule has 2 aromatic rings. The highest BCUT2D eigenvalue weighted by Gasteiger charge is 2.35. The lowest BCUT2D eigenvalue weighted by Gasteiger charge is -2.20. The van der Waals surface area contributed by atoms with E-state index in [1.54, 1.807) is 12.1 Å². The molecule has 8 nitrogen and oxygen atoms in total. The van der Waals surface area contributed by atoms with Crippen LogP contribution in [0.2, 0.25) is 5.02 Å². The number of sulfonamides is 1. The molecule has 13 heteroatoms. The molecule has 0 fully saturated rings. The predicted molar refractivity (Wildman–Crippen MR) is 119 cm³/mol. The number of nitrogens with one attached hydrogen (secondary N) is 1. The number of hydrogen-bond acceptors (Lipinski definition) is 6. The zero-order chi connectivity index (χ0) is 25.3. The molecule has 1 atom stereocenters. The van der Waals surface area contributed by atoms with E-state index in [0.29, 0.717) is 16.5 Å². The summed E-state index contributed by atoms with van der Waals surface area (Å²) in [6, 6.07) is 9.06. The number of nitrogens with zero attached hydrogens (tertiary/aromatic N) is 1. The Bertz CT molecular complexity index is 1170. The van der Waals surface area contributed by atoms with E-state index in [9.17, 15) is 21.6 Å². The van der Waals surface area contributed by atoms with Crippen molar-refractivity contribution in [3.05, 3.63) is 52.0 Å². The first-order valence-electron chi connectivity index (χ1n) is 10.0. The summed E-state index contributed by atoms with van der Waals surface area (Å²) in [5.41, 5.74) is 6.98. The first-order valence-corrected chi connectivity index (χ1v) is 11.9. The molecule has 1 amide bonds. The Morgan fingerprint density at radius 2 is 1.82 bits per heavy atom. The van der Waals surface area contributed by atoms with Crippen molar-refractivity contribution in [2.75, 3.05) is 34.0 Å². The van der Waals surface area contributed by atoms with Crippen LogP contribution in [0.1, 0.15) is 22.6 Å². The van der Waals surface area contributed by atoms with Crippen LogP contribution in [-0.2, 0) is 21.2 Å². The van der Waals surface area contributed by atoms with E-state index >= 15 is 0 Å². The Labute approximate surface area is 199 Å². The molecule has 0 bridgehead atoms. The fourth-order valence-corrected chi connectivity index (χ4v) is 4.83. The van der Waals surface area contributed by atoms with Gasteiger partial charge in [0.15, 0.2) is 11.5 Å². The summed E-state index contributed by atoms with van der Waals surface area (Å²) in [4.78, 5) is 9.40. The summed E-state index contributed by atoms with van der Waals surface area (Å²) in [6.07, 6.45) is -4.06. The van der Waals surface area contributed by atoms with E-state index < -0.39 is 22.1 Å². The Morgan fingerprint density at radius 3 is 2.38 bits per heavy atom. The van der Waals surface area contributed by atoms with Crippen LogP contribution in [0.5, 0.6) is 11.5 Å². The summed E-state index contributed by atoms with van der Waals surface area (Å²) in [5, 5.41) is 4.05. The van der Waals surface area contributed by atoms with Crippen molar-refractivity contribution in [2.45, 2.75) is 23.4 Å². The molecule has 2 aliphatic rings. The van der Waals surface area contributed by atoms with Gasteiger partial charge in [0.1, 0.15) is 0 Å². The van der Waals surface area contributed by atoms with Crippen molar-refractivity contribution in [1.82, 2.24) is 9.62 Å². The number of carbonyl (C=O) groups excluding carboxylic acids is 1. The van der Waals surface area contributed by atoms with Crippen molar-refractivity contribution >= 4 is 27.5 Å². The van der Waals surface area contributed by atoms with Gasteiger partial charge in [-0.15, -0.1) is 0 Å². The molecular formula is C21H23ClF3N3O5S. The number of ether oxygens (including phenoxy) is 2. The van der Waals surface area contributed by atoms with Gasteiger partial charge in [-0.05, 0) is 47.9 Å². The topological polar surface area (TPSA) is 111 Å². The summed E-state index contributed by atoms with van der Waals surface area (Å²) < 4.78 is 69.0. The summed E-state index contributed by atoms with van der Waals surface area (Å²) in [5.74, 6) is -0.931. The number of carbonyl (C=O) groups is 1. The van der Waals surface area contributed by atoms with E-state index in [-0.39, 0.29) is 17.6 Å². The van der Waals surface area contributed by atoms with Crippen LogP contribution < -0.4 is 20.5 Å². The minimum atomic E-state index is -4.86. The molecule has 4 rings (SSSR count). The van der Waals surface area contributed by atoms with E-state index in [1.165, 1.54) is 18.4 Å². The van der Waals surface area contributed by atoms with Gasteiger partial charge in [-0.1, -0.05) is 23.7 Å². The number of amides is 1. The first-order chi connectivity index (χ1) is 15.8. The smallest absolute Gasteiger partial charge is 0.454 e. The zero-order valence-electron chi connectivity index (χ0n) is 18.3. The molecular weight excluding hydrogens is 499 g/mol. The number of fused-ring (bicyclic) bond motifs is 2. The second-order valence-corrected chi connectivity index (χ2v) is 10.2. The third-order valence-corrected chi connectivity index (χ3v) is 7.59.